The van der Waals surface area contributed by atoms with Gasteiger partial charge in [-0.15, -0.1) is 22.7 Å². The average molecular weight is 493 g/mol. The predicted molar refractivity (Wildman–Crippen MR) is 150 cm³/mol. The van der Waals surface area contributed by atoms with Crippen LogP contribution in [0.2, 0.25) is 0 Å². The molecule has 0 spiro atoms. The van der Waals surface area contributed by atoms with Crippen LogP contribution in [-0.2, 0) is 0 Å². The van der Waals surface area contributed by atoms with E-state index in [-0.39, 0.29) is 0 Å². The van der Waals surface area contributed by atoms with E-state index in [0.29, 0.717) is 5.92 Å². The fraction of sp³-hybridized carbons (Fsp3) is 0.138. The van der Waals surface area contributed by atoms with Gasteiger partial charge in [-0.1, -0.05) is 44.2 Å². The van der Waals surface area contributed by atoms with E-state index in [4.69, 9.17) is 4.98 Å². The second-order valence-corrected chi connectivity index (χ2v) is 10.9. The number of aromatic nitrogens is 3. The molecule has 0 saturated carbocycles. The van der Waals surface area contributed by atoms with E-state index in [1.807, 2.05) is 0 Å². The number of thiazole rings is 1. The Hall–Kier alpha value is -3.61. The Balaban J connectivity index is 1.31. The topological polar surface area (TPSA) is 50.7 Å². The minimum Gasteiger partial charge on any atom is -0.340 e. The summed E-state index contributed by atoms with van der Waals surface area (Å²) in [6.45, 7) is 6.55. The van der Waals surface area contributed by atoms with Crippen molar-refractivity contribution < 1.29 is 0 Å². The smallest absolute Gasteiger partial charge is 0.143 e. The van der Waals surface area contributed by atoms with E-state index in [0.717, 1.165) is 43.4 Å². The third kappa shape index (κ3) is 4.20. The van der Waals surface area contributed by atoms with Crippen molar-refractivity contribution in [2.75, 3.05) is 5.32 Å². The zero-order valence-electron chi connectivity index (χ0n) is 19.7. The monoisotopic (exact) mass is 492 g/mol. The molecule has 0 saturated heterocycles. The Bertz CT molecular complexity index is 1640. The van der Waals surface area contributed by atoms with Crippen LogP contribution in [0.4, 0.5) is 11.5 Å². The second-order valence-electron chi connectivity index (χ2n) is 9.02. The Kier molecular flexibility index (Phi) is 5.55. The number of nitrogens with one attached hydrogen (secondary N) is 1. The SMILES string of the molecule is Cc1ccc2nc(-c3ccc(Nc4ncnc5scc(-c6ccc(C(C)C)cc6)c45)cc3)sc2c1. The van der Waals surface area contributed by atoms with E-state index >= 15 is 0 Å². The Morgan fingerprint density at radius 2 is 1.63 bits per heavy atom. The molecule has 172 valence electrons. The first-order chi connectivity index (χ1) is 17.0. The number of thiophene rings is 1. The predicted octanol–water partition coefficient (Wildman–Crippen LogP) is 8.81. The molecule has 0 aliphatic heterocycles. The van der Waals surface area contributed by atoms with Crippen LogP contribution in [0.3, 0.4) is 0 Å². The van der Waals surface area contributed by atoms with Crippen molar-refractivity contribution in [3.8, 4) is 21.7 Å². The molecule has 0 unspecified atom stereocenters. The number of aryl methyl sites for hydroxylation is 1. The number of hydrogen-bond donors (Lipinski definition) is 1. The van der Waals surface area contributed by atoms with Crippen LogP contribution in [-0.4, -0.2) is 15.0 Å². The van der Waals surface area contributed by atoms with Crippen molar-refractivity contribution >= 4 is 54.6 Å². The molecule has 6 rings (SSSR count). The van der Waals surface area contributed by atoms with Crippen LogP contribution >= 0.6 is 22.7 Å². The molecule has 0 amide bonds. The molecule has 35 heavy (non-hydrogen) atoms. The summed E-state index contributed by atoms with van der Waals surface area (Å²) in [5, 5.41) is 7.79. The van der Waals surface area contributed by atoms with E-state index < -0.39 is 0 Å². The maximum Gasteiger partial charge on any atom is 0.143 e. The largest absolute Gasteiger partial charge is 0.340 e. The van der Waals surface area contributed by atoms with Gasteiger partial charge in [0.05, 0.1) is 15.6 Å². The molecule has 3 aromatic heterocycles. The van der Waals surface area contributed by atoms with Gasteiger partial charge in [0.15, 0.2) is 0 Å². The van der Waals surface area contributed by atoms with Gasteiger partial charge in [-0.2, -0.15) is 0 Å². The molecule has 0 radical (unpaired) electrons. The van der Waals surface area contributed by atoms with Crippen LogP contribution in [0, 0.1) is 6.92 Å². The summed E-state index contributed by atoms with van der Waals surface area (Å²) in [6.07, 6.45) is 1.63. The van der Waals surface area contributed by atoms with Crippen molar-refractivity contribution in [1.82, 2.24) is 15.0 Å². The summed E-state index contributed by atoms with van der Waals surface area (Å²) in [5.41, 5.74) is 8.08. The summed E-state index contributed by atoms with van der Waals surface area (Å²) in [6, 6.07) is 23.6. The lowest BCUT2D eigenvalue weighted by Gasteiger charge is -2.10. The zero-order valence-corrected chi connectivity index (χ0v) is 21.4. The van der Waals surface area contributed by atoms with Crippen LogP contribution in [0.1, 0.15) is 30.9 Å². The minimum atomic E-state index is 0.513. The van der Waals surface area contributed by atoms with Gasteiger partial charge in [-0.3, -0.25) is 0 Å². The fourth-order valence-corrected chi connectivity index (χ4v) is 6.20. The first kappa shape index (κ1) is 21.9. The van der Waals surface area contributed by atoms with Crippen LogP contribution in [0.5, 0.6) is 0 Å². The number of rotatable bonds is 5. The van der Waals surface area contributed by atoms with Crippen molar-refractivity contribution in [3.05, 3.63) is 89.6 Å². The number of benzene rings is 3. The summed E-state index contributed by atoms with van der Waals surface area (Å²) in [4.78, 5) is 14.9. The molecule has 0 atom stereocenters. The van der Waals surface area contributed by atoms with Gasteiger partial charge >= 0.3 is 0 Å². The van der Waals surface area contributed by atoms with Crippen molar-refractivity contribution in [1.29, 1.82) is 0 Å². The molecule has 6 heteroatoms. The lowest BCUT2D eigenvalue weighted by atomic mass is 9.99. The quantitative estimate of drug-likeness (QED) is 0.261. The van der Waals surface area contributed by atoms with E-state index in [2.05, 4.69) is 108 Å². The van der Waals surface area contributed by atoms with E-state index in [1.165, 1.54) is 21.4 Å². The number of nitrogens with zero attached hydrogens (tertiary/aromatic N) is 3. The van der Waals surface area contributed by atoms with Gasteiger partial charge in [0.1, 0.15) is 22.0 Å². The first-order valence-corrected chi connectivity index (χ1v) is 13.3. The third-order valence-electron chi connectivity index (χ3n) is 6.20. The maximum absolute atomic E-state index is 4.81. The lowest BCUT2D eigenvalue weighted by Crippen LogP contribution is -1.95. The van der Waals surface area contributed by atoms with E-state index in [1.54, 1.807) is 29.0 Å². The molecule has 0 aliphatic carbocycles. The number of hydrogen-bond acceptors (Lipinski definition) is 6. The van der Waals surface area contributed by atoms with Gasteiger partial charge in [0, 0.05) is 22.2 Å². The van der Waals surface area contributed by atoms with Gasteiger partial charge in [-0.05, 0) is 65.9 Å². The molecule has 0 bridgehead atoms. The molecule has 3 aromatic carbocycles. The molecule has 4 nitrogen and oxygen atoms in total. The lowest BCUT2D eigenvalue weighted by molar-refractivity contribution is 0.867. The summed E-state index contributed by atoms with van der Waals surface area (Å²) >= 11 is 3.38. The number of anilines is 2. The van der Waals surface area contributed by atoms with Gasteiger partial charge < -0.3 is 5.32 Å². The Labute approximate surface area is 212 Å². The minimum absolute atomic E-state index is 0.513. The van der Waals surface area contributed by atoms with Crippen molar-refractivity contribution in [2.24, 2.45) is 0 Å². The highest BCUT2D eigenvalue weighted by Gasteiger charge is 2.14. The summed E-state index contributed by atoms with van der Waals surface area (Å²) < 4.78 is 1.22. The molecule has 3 heterocycles. The van der Waals surface area contributed by atoms with Crippen LogP contribution in [0.25, 0.3) is 42.1 Å². The average Bonchev–Trinajstić information content (AvgIpc) is 3.49. The van der Waals surface area contributed by atoms with E-state index in [9.17, 15) is 0 Å². The van der Waals surface area contributed by atoms with Crippen molar-refractivity contribution in [2.45, 2.75) is 26.7 Å². The Morgan fingerprint density at radius 3 is 2.40 bits per heavy atom. The van der Waals surface area contributed by atoms with Gasteiger partial charge in [0.2, 0.25) is 0 Å². The number of fused-ring (bicyclic) bond motifs is 2. The first-order valence-electron chi connectivity index (χ1n) is 11.6. The maximum atomic E-state index is 4.81. The molecule has 0 fully saturated rings. The molecule has 0 aliphatic rings. The van der Waals surface area contributed by atoms with Crippen LogP contribution < -0.4 is 5.32 Å². The third-order valence-corrected chi connectivity index (χ3v) is 8.15. The van der Waals surface area contributed by atoms with Gasteiger partial charge in [0.25, 0.3) is 0 Å². The highest BCUT2D eigenvalue weighted by atomic mass is 32.1. The van der Waals surface area contributed by atoms with Gasteiger partial charge in [-0.25, -0.2) is 15.0 Å². The summed E-state index contributed by atoms with van der Waals surface area (Å²) in [7, 11) is 0. The fourth-order valence-electron chi connectivity index (χ4n) is 4.22. The normalized spacial score (nSPS) is 11.5. The second kappa shape index (κ2) is 8.87. The molecule has 6 aromatic rings. The van der Waals surface area contributed by atoms with Crippen LogP contribution in [0.15, 0.2) is 78.4 Å². The van der Waals surface area contributed by atoms with Crippen molar-refractivity contribution in [3.63, 3.8) is 0 Å². The zero-order chi connectivity index (χ0) is 23.9. The molecule has 1 N–H and O–H groups in total. The molecular formula is C29H24N4S2. The highest BCUT2D eigenvalue weighted by molar-refractivity contribution is 7.21. The summed E-state index contributed by atoms with van der Waals surface area (Å²) in [5.74, 6) is 1.33. The Morgan fingerprint density at radius 1 is 0.857 bits per heavy atom. The molecular weight excluding hydrogens is 468 g/mol. The standard InChI is InChI=1S/C29H24N4S2/c1-17(2)19-5-7-20(8-6-19)23-15-34-29-26(23)27(30-16-31-29)32-22-11-9-21(10-12-22)28-33-24-13-4-18(3)14-25(24)35-28/h4-17H,1-3H3,(H,30,31,32). The highest BCUT2D eigenvalue weighted by Crippen LogP contribution is 2.38.